The van der Waals surface area contributed by atoms with Crippen LogP contribution in [-0.4, -0.2) is 39.0 Å². The maximum absolute atomic E-state index is 12.3. The minimum atomic E-state index is -0.430. The SMILES string of the molecule is O=C(Nc1ccc(Cl)cc1)Nc1ccc(Nc2nc(/C=C/c3cccc([N+](=O)[O-])c3)nc(N3CCCC3)n2)cc1. The van der Waals surface area contributed by atoms with Gasteiger partial charge in [-0.3, -0.25) is 10.1 Å². The fourth-order valence-electron chi connectivity index (χ4n) is 4.08. The van der Waals surface area contributed by atoms with Gasteiger partial charge in [-0.25, -0.2) is 4.79 Å². The van der Waals surface area contributed by atoms with Gasteiger partial charge in [0.25, 0.3) is 5.69 Å². The average Bonchev–Trinajstić information content (AvgIpc) is 3.50. The van der Waals surface area contributed by atoms with E-state index < -0.39 is 4.92 Å². The highest BCUT2D eigenvalue weighted by molar-refractivity contribution is 6.30. The first-order valence-electron chi connectivity index (χ1n) is 12.6. The van der Waals surface area contributed by atoms with Crippen molar-refractivity contribution in [1.29, 1.82) is 0 Å². The maximum atomic E-state index is 12.3. The summed E-state index contributed by atoms with van der Waals surface area (Å²) in [5.41, 5.74) is 2.62. The number of nitro benzene ring substituents is 1. The second-order valence-corrected chi connectivity index (χ2v) is 9.42. The highest BCUT2D eigenvalue weighted by Gasteiger charge is 2.17. The molecule has 0 unspecified atom stereocenters. The van der Waals surface area contributed by atoms with Crippen molar-refractivity contribution < 1.29 is 9.72 Å². The Morgan fingerprint density at radius 3 is 2.20 bits per heavy atom. The molecule has 1 aliphatic heterocycles. The second-order valence-electron chi connectivity index (χ2n) is 8.99. The van der Waals surface area contributed by atoms with Crippen LogP contribution in [0.15, 0.2) is 72.8 Å². The van der Waals surface area contributed by atoms with Gasteiger partial charge >= 0.3 is 6.03 Å². The summed E-state index contributed by atoms with van der Waals surface area (Å²) in [5, 5.41) is 20.4. The number of non-ortho nitro benzene ring substituents is 1. The number of nitrogens with zero attached hydrogens (tertiary/aromatic N) is 5. The summed E-state index contributed by atoms with van der Waals surface area (Å²) in [6.45, 7) is 1.71. The Morgan fingerprint density at radius 1 is 0.875 bits per heavy atom. The number of nitro groups is 1. The Kier molecular flexibility index (Phi) is 8.12. The van der Waals surface area contributed by atoms with Gasteiger partial charge in [-0.15, -0.1) is 0 Å². The molecule has 202 valence electrons. The third-order valence-electron chi connectivity index (χ3n) is 6.04. The summed E-state index contributed by atoms with van der Waals surface area (Å²) < 4.78 is 0. The first-order valence-corrected chi connectivity index (χ1v) is 12.9. The van der Waals surface area contributed by atoms with Crippen LogP contribution in [0.1, 0.15) is 24.2 Å². The molecular formula is C28H25ClN8O3. The van der Waals surface area contributed by atoms with Crippen molar-refractivity contribution in [2.75, 3.05) is 33.9 Å². The molecule has 1 aromatic heterocycles. The van der Waals surface area contributed by atoms with Crippen LogP contribution in [0.25, 0.3) is 12.2 Å². The molecular weight excluding hydrogens is 532 g/mol. The Hall–Kier alpha value is -5.03. The first-order chi connectivity index (χ1) is 19.4. The van der Waals surface area contributed by atoms with Gasteiger partial charge in [-0.2, -0.15) is 15.0 Å². The molecule has 2 amide bonds. The number of anilines is 5. The fraction of sp³-hybridized carbons (Fsp3) is 0.143. The summed E-state index contributed by atoms with van der Waals surface area (Å²) in [6.07, 6.45) is 5.56. The largest absolute Gasteiger partial charge is 0.341 e. The molecule has 1 aliphatic rings. The quantitative estimate of drug-likeness (QED) is 0.163. The van der Waals surface area contributed by atoms with Gasteiger partial charge in [0.15, 0.2) is 5.82 Å². The molecule has 40 heavy (non-hydrogen) atoms. The molecule has 1 fully saturated rings. The lowest BCUT2D eigenvalue weighted by Gasteiger charge is -2.16. The van der Waals surface area contributed by atoms with Crippen molar-refractivity contribution in [3.63, 3.8) is 0 Å². The van der Waals surface area contributed by atoms with E-state index in [9.17, 15) is 14.9 Å². The first kappa shape index (κ1) is 26.6. The fourth-order valence-corrected chi connectivity index (χ4v) is 4.20. The monoisotopic (exact) mass is 556 g/mol. The van der Waals surface area contributed by atoms with Crippen LogP contribution in [0.4, 0.5) is 39.4 Å². The lowest BCUT2D eigenvalue weighted by Crippen LogP contribution is -2.21. The molecule has 0 saturated carbocycles. The maximum Gasteiger partial charge on any atom is 0.323 e. The van der Waals surface area contributed by atoms with E-state index in [4.69, 9.17) is 11.6 Å². The Balaban J connectivity index is 1.30. The zero-order chi connectivity index (χ0) is 27.9. The van der Waals surface area contributed by atoms with E-state index >= 15 is 0 Å². The third kappa shape index (κ3) is 7.08. The highest BCUT2D eigenvalue weighted by Crippen LogP contribution is 2.22. The van der Waals surface area contributed by atoms with E-state index in [1.165, 1.54) is 12.1 Å². The summed E-state index contributed by atoms with van der Waals surface area (Å²) in [6, 6.07) is 19.9. The number of benzene rings is 3. The number of hydrogen-bond donors (Lipinski definition) is 3. The number of nitrogens with one attached hydrogen (secondary N) is 3. The average molecular weight is 557 g/mol. The Bertz CT molecular complexity index is 1540. The van der Waals surface area contributed by atoms with E-state index in [1.807, 2.05) is 0 Å². The molecule has 12 heteroatoms. The smallest absolute Gasteiger partial charge is 0.323 e. The van der Waals surface area contributed by atoms with Crippen molar-refractivity contribution in [2.24, 2.45) is 0 Å². The number of carbonyl (C=O) groups is 1. The number of rotatable bonds is 8. The zero-order valence-corrected chi connectivity index (χ0v) is 22.0. The van der Waals surface area contributed by atoms with Gasteiger partial charge in [0, 0.05) is 47.3 Å². The molecule has 2 heterocycles. The van der Waals surface area contributed by atoms with Crippen LogP contribution in [0.2, 0.25) is 5.02 Å². The third-order valence-corrected chi connectivity index (χ3v) is 6.29. The van der Waals surface area contributed by atoms with Gasteiger partial charge in [-0.1, -0.05) is 29.8 Å². The molecule has 4 aromatic rings. The van der Waals surface area contributed by atoms with E-state index in [-0.39, 0.29) is 11.7 Å². The number of amides is 2. The Labute approximate surface area is 235 Å². The number of carbonyl (C=O) groups excluding carboxylic acids is 1. The zero-order valence-electron chi connectivity index (χ0n) is 21.3. The summed E-state index contributed by atoms with van der Waals surface area (Å²) in [7, 11) is 0. The molecule has 1 saturated heterocycles. The molecule has 0 atom stereocenters. The van der Waals surface area contributed by atoms with Crippen molar-refractivity contribution in [3.05, 3.63) is 99.3 Å². The molecule has 0 bridgehead atoms. The highest BCUT2D eigenvalue weighted by atomic mass is 35.5. The van der Waals surface area contributed by atoms with Crippen LogP contribution in [-0.2, 0) is 0 Å². The minimum Gasteiger partial charge on any atom is -0.341 e. The Morgan fingerprint density at radius 2 is 1.52 bits per heavy atom. The molecule has 3 aromatic carbocycles. The van der Waals surface area contributed by atoms with Crippen molar-refractivity contribution in [2.45, 2.75) is 12.8 Å². The van der Waals surface area contributed by atoms with Crippen LogP contribution < -0.4 is 20.9 Å². The lowest BCUT2D eigenvalue weighted by molar-refractivity contribution is -0.384. The van der Waals surface area contributed by atoms with E-state index in [2.05, 4.69) is 35.8 Å². The van der Waals surface area contributed by atoms with Crippen LogP contribution >= 0.6 is 11.6 Å². The summed E-state index contributed by atoms with van der Waals surface area (Å²) >= 11 is 5.88. The molecule has 5 rings (SSSR count). The molecule has 0 spiro atoms. The predicted octanol–water partition coefficient (Wildman–Crippen LogP) is 6.59. The van der Waals surface area contributed by atoms with E-state index in [0.29, 0.717) is 39.7 Å². The number of halogens is 1. The lowest BCUT2D eigenvalue weighted by atomic mass is 10.2. The van der Waals surface area contributed by atoms with Crippen LogP contribution in [0, 0.1) is 10.1 Å². The van der Waals surface area contributed by atoms with Crippen molar-refractivity contribution in [1.82, 2.24) is 15.0 Å². The second kappa shape index (κ2) is 12.2. The van der Waals surface area contributed by atoms with Crippen LogP contribution in [0.3, 0.4) is 0 Å². The predicted molar refractivity (Wildman–Crippen MR) is 157 cm³/mol. The van der Waals surface area contributed by atoms with Gasteiger partial charge in [0.1, 0.15) is 0 Å². The number of hydrogen-bond acceptors (Lipinski definition) is 8. The molecule has 3 N–H and O–H groups in total. The van der Waals surface area contributed by atoms with Gasteiger partial charge in [0.05, 0.1) is 4.92 Å². The topological polar surface area (TPSA) is 138 Å². The normalized spacial score (nSPS) is 12.9. The standard InChI is InChI=1S/C28H25ClN8O3/c29-20-7-9-22(10-8-20)31-28(38)32-23-13-11-21(12-14-23)30-26-33-25(34-27(35-26)36-16-1-2-17-36)15-6-19-4-3-5-24(18-19)37(39)40/h3-15,18H,1-2,16-17H2,(H2,31,32,38)(H,30,33,34,35)/b15-6+. The number of aromatic nitrogens is 3. The number of urea groups is 1. The van der Waals surface area contributed by atoms with Crippen LogP contribution in [0.5, 0.6) is 0 Å². The molecule has 0 radical (unpaired) electrons. The van der Waals surface area contributed by atoms with E-state index in [0.717, 1.165) is 31.6 Å². The van der Waals surface area contributed by atoms with Crippen molar-refractivity contribution >= 4 is 64.4 Å². The summed E-state index contributed by atoms with van der Waals surface area (Å²) in [5.74, 6) is 1.34. The van der Waals surface area contributed by atoms with Gasteiger partial charge in [0.2, 0.25) is 11.9 Å². The van der Waals surface area contributed by atoms with E-state index in [1.54, 1.807) is 72.8 Å². The summed E-state index contributed by atoms with van der Waals surface area (Å²) in [4.78, 5) is 38.8. The van der Waals surface area contributed by atoms with Gasteiger partial charge < -0.3 is 20.9 Å². The minimum absolute atomic E-state index is 0.0123. The molecule has 0 aliphatic carbocycles. The molecule has 11 nitrogen and oxygen atoms in total. The van der Waals surface area contributed by atoms with Gasteiger partial charge in [-0.05, 0) is 73.0 Å². The van der Waals surface area contributed by atoms with Crippen molar-refractivity contribution in [3.8, 4) is 0 Å².